The summed E-state index contributed by atoms with van der Waals surface area (Å²) in [4.78, 5) is 0. The monoisotopic (exact) mass is 216 g/mol. The SMILES string of the molecule is C=C(C)c1ccccc1C1(O)CCCCC1. The van der Waals surface area contributed by atoms with Crippen LogP contribution in [0.15, 0.2) is 30.8 Å². The molecule has 1 N–H and O–H groups in total. The van der Waals surface area contributed by atoms with E-state index in [9.17, 15) is 5.11 Å². The summed E-state index contributed by atoms with van der Waals surface area (Å²) >= 11 is 0. The van der Waals surface area contributed by atoms with Crippen molar-refractivity contribution in [2.75, 3.05) is 0 Å². The predicted molar refractivity (Wildman–Crippen MR) is 68.1 cm³/mol. The van der Waals surface area contributed by atoms with Gasteiger partial charge >= 0.3 is 0 Å². The Balaban J connectivity index is 2.42. The highest BCUT2D eigenvalue weighted by Gasteiger charge is 2.32. The molecule has 86 valence electrons. The molecule has 1 aliphatic carbocycles. The first-order chi connectivity index (χ1) is 7.63. The Labute approximate surface area is 97.8 Å². The lowest BCUT2D eigenvalue weighted by Gasteiger charge is -2.34. The smallest absolute Gasteiger partial charge is 0.0902 e. The van der Waals surface area contributed by atoms with Gasteiger partial charge in [0.15, 0.2) is 0 Å². The van der Waals surface area contributed by atoms with Gasteiger partial charge in [0.1, 0.15) is 0 Å². The summed E-state index contributed by atoms with van der Waals surface area (Å²) in [5, 5.41) is 10.7. The summed E-state index contributed by atoms with van der Waals surface area (Å²) in [6, 6.07) is 8.13. The van der Waals surface area contributed by atoms with Crippen molar-refractivity contribution < 1.29 is 5.11 Å². The normalized spacial score (nSPS) is 19.4. The van der Waals surface area contributed by atoms with Gasteiger partial charge in [0.2, 0.25) is 0 Å². The van der Waals surface area contributed by atoms with E-state index in [0.29, 0.717) is 0 Å². The Bertz CT molecular complexity index is 386. The summed E-state index contributed by atoms with van der Waals surface area (Å²) in [5.74, 6) is 0. The van der Waals surface area contributed by atoms with Crippen LogP contribution in [0.2, 0.25) is 0 Å². The maximum atomic E-state index is 10.7. The molecule has 1 saturated carbocycles. The average molecular weight is 216 g/mol. The van der Waals surface area contributed by atoms with E-state index < -0.39 is 5.60 Å². The molecule has 0 amide bonds. The second-order valence-corrected chi connectivity index (χ2v) is 4.92. The lowest BCUT2D eigenvalue weighted by molar-refractivity contribution is -0.000851. The van der Waals surface area contributed by atoms with Crippen molar-refractivity contribution in [3.63, 3.8) is 0 Å². The van der Waals surface area contributed by atoms with Crippen LogP contribution in [0.3, 0.4) is 0 Å². The van der Waals surface area contributed by atoms with E-state index in [1.807, 2.05) is 19.1 Å². The van der Waals surface area contributed by atoms with Gasteiger partial charge in [0, 0.05) is 0 Å². The van der Waals surface area contributed by atoms with Gasteiger partial charge in [-0.25, -0.2) is 0 Å². The third kappa shape index (κ3) is 2.05. The van der Waals surface area contributed by atoms with Crippen molar-refractivity contribution >= 4 is 5.57 Å². The van der Waals surface area contributed by atoms with Gasteiger partial charge in [0.25, 0.3) is 0 Å². The molecular formula is C15H20O. The van der Waals surface area contributed by atoms with Gasteiger partial charge in [0.05, 0.1) is 5.60 Å². The molecule has 1 aromatic rings. The zero-order valence-electron chi connectivity index (χ0n) is 10.00. The van der Waals surface area contributed by atoms with Crippen molar-refractivity contribution in [2.45, 2.75) is 44.6 Å². The molecule has 0 radical (unpaired) electrons. The van der Waals surface area contributed by atoms with E-state index in [0.717, 1.165) is 42.4 Å². The Morgan fingerprint density at radius 2 is 1.81 bits per heavy atom. The molecule has 0 bridgehead atoms. The minimum absolute atomic E-state index is 0.617. The topological polar surface area (TPSA) is 20.2 Å². The minimum atomic E-state index is -0.617. The first-order valence-corrected chi connectivity index (χ1v) is 6.11. The molecule has 0 aromatic heterocycles. The standard InChI is InChI=1S/C15H20O/c1-12(2)13-8-4-5-9-14(13)15(16)10-6-3-7-11-15/h4-5,8-9,16H,1,3,6-7,10-11H2,2H3. The molecule has 1 aliphatic rings. The fraction of sp³-hybridized carbons (Fsp3) is 0.467. The molecule has 0 spiro atoms. The van der Waals surface area contributed by atoms with Crippen LogP contribution in [-0.4, -0.2) is 5.11 Å². The Morgan fingerprint density at radius 3 is 2.44 bits per heavy atom. The van der Waals surface area contributed by atoms with Crippen LogP contribution in [0, 0.1) is 0 Å². The molecule has 0 heterocycles. The molecule has 0 atom stereocenters. The highest BCUT2D eigenvalue weighted by Crippen LogP contribution is 2.39. The maximum Gasteiger partial charge on any atom is 0.0902 e. The number of rotatable bonds is 2. The summed E-state index contributed by atoms with van der Waals surface area (Å²) < 4.78 is 0. The highest BCUT2D eigenvalue weighted by molar-refractivity contribution is 5.65. The first-order valence-electron chi connectivity index (χ1n) is 6.11. The van der Waals surface area contributed by atoms with Gasteiger partial charge < -0.3 is 5.11 Å². The predicted octanol–water partition coefficient (Wildman–Crippen LogP) is 3.87. The van der Waals surface area contributed by atoms with Gasteiger partial charge in [-0.2, -0.15) is 0 Å². The van der Waals surface area contributed by atoms with E-state index in [1.165, 1.54) is 6.42 Å². The lowest BCUT2D eigenvalue weighted by Crippen LogP contribution is -2.29. The van der Waals surface area contributed by atoms with Gasteiger partial charge in [-0.3, -0.25) is 0 Å². The van der Waals surface area contributed by atoms with Crippen LogP contribution in [-0.2, 0) is 5.60 Å². The number of allylic oxidation sites excluding steroid dienone is 1. The molecule has 16 heavy (non-hydrogen) atoms. The zero-order valence-corrected chi connectivity index (χ0v) is 10.00. The second kappa shape index (κ2) is 4.42. The van der Waals surface area contributed by atoms with E-state index >= 15 is 0 Å². The van der Waals surface area contributed by atoms with Crippen LogP contribution in [0.25, 0.3) is 5.57 Å². The van der Waals surface area contributed by atoms with Crippen LogP contribution >= 0.6 is 0 Å². The molecule has 2 rings (SSSR count). The van der Waals surface area contributed by atoms with Crippen molar-refractivity contribution in [2.24, 2.45) is 0 Å². The van der Waals surface area contributed by atoms with Crippen molar-refractivity contribution in [3.05, 3.63) is 42.0 Å². The fourth-order valence-electron chi connectivity index (χ4n) is 2.67. The van der Waals surface area contributed by atoms with Crippen LogP contribution < -0.4 is 0 Å². The number of hydrogen-bond donors (Lipinski definition) is 1. The molecule has 1 fully saturated rings. The Kier molecular flexibility index (Phi) is 3.15. The van der Waals surface area contributed by atoms with Crippen molar-refractivity contribution in [3.8, 4) is 0 Å². The molecule has 1 nitrogen and oxygen atoms in total. The molecule has 0 unspecified atom stereocenters. The van der Waals surface area contributed by atoms with Crippen LogP contribution in [0.1, 0.15) is 50.2 Å². The Hall–Kier alpha value is -1.08. The van der Waals surface area contributed by atoms with Crippen LogP contribution in [0.5, 0.6) is 0 Å². The second-order valence-electron chi connectivity index (χ2n) is 4.92. The summed E-state index contributed by atoms with van der Waals surface area (Å²) in [5.41, 5.74) is 2.61. The third-order valence-corrected chi connectivity index (χ3v) is 3.57. The summed E-state index contributed by atoms with van der Waals surface area (Å²) in [6.07, 6.45) is 5.27. The largest absolute Gasteiger partial charge is 0.385 e. The van der Waals surface area contributed by atoms with Gasteiger partial charge in [-0.1, -0.05) is 55.7 Å². The molecule has 0 saturated heterocycles. The summed E-state index contributed by atoms with van der Waals surface area (Å²) in [6.45, 7) is 6.01. The van der Waals surface area contributed by atoms with Crippen molar-refractivity contribution in [1.82, 2.24) is 0 Å². The number of benzene rings is 1. The molecular weight excluding hydrogens is 196 g/mol. The average Bonchev–Trinajstić information content (AvgIpc) is 2.30. The van der Waals surface area contributed by atoms with Gasteiger partial charge in [-0.05, 0) is 30.9 Å². The van der Waals surface area contributed by atoms with E-state index in [-0.39, 0.29) is 0 Å². The zero-order chi connectivity index (χ0) is 11.6. The van der Waals surface area contributed by atoms with Crippen molar-refractivity contribution in [1.29, 1.82) is 0 Å². The number of aliphatic hydroxyl groups is 1. The van der Waals surface area contributed by atoms with Crippen LogP contribution in [0.4, 0.5) is 0 Å². The Morgan fingerprint density at radius 1 is 1.19 bits per heavy atom. The first kappa shape index (κ1) is 11.4. The maximum absolute atomic E-state index is 10.7. The quantitative estimate of drug-likeness (QED) is 0.795. The minimum Gasteiger partial charge on any atom is -0.385 e. The molecule has 0 aliphatic heterocycles. The lowest BCUT2D eigenvalue weighted by atomic mass is 9.77. The van der Waals surface area contributed by atoms with E-state index in [2.05, 4.69) is 18.7 Å². The van der Waals surface area contributed by atoms with E-state index in [1.54, 1.807) is 0 Å². The van der Waals surface area contributed by atoms with E-state index in [4.69, 9.17) is 0 Å². The summed E-state index contributed by atoms with van der Waals surface area (Å²) in [7, 11) is 0. The third-order valence-electron chi connectivity index (χ3n) is 3.57. The molecule has 1 aromatic carbocycles. The molecule has 1 heteroatoms. The fourth-order valence-corrected chi connectivity index (χ4v) is 2.67. The highest BCUT2D eigenvalue weighted by atomic mass is 16.3. The number of hydrogen-bond acceptors (Lipinski definition) is 1. The van der Waals surface area contributed by atoms with Gasteiger partial charge in [-0.15, -0.1) is 0 Å².